The maximum atomic E-state index is 5.99. The van der Waals surface area contributed by atoms with Crippen LogP contribution in [0.1, 0.15) is 26.2 Å². The first-order chi connectivity index (χ1) is 8.22. The van der Waals surface area contributed by atoms with Crippen molar-refractivity contribution >= 4 is 5.96 Å². The van der Waals surface area contributed by atoms with Crippen LogP contribution in [0.15, 0.2) is 4.99 Å². The molecule has 1 saturated heterocycles. The normalized spacial score (nSPS) is 33.2. The molecule has 2 atom stereocenters. The number of nitrogens with two attached hydrogens (primary N) is 1. The first-order valence-corrected chi connectivity index (χ1v) is 6.40. The van der Waals surface area contributed by atoms with Crippen LogP contribution in [0, 0.1) is 0 Å². The van der Waals surface area contributed by atoms with E-state index in [1.165, 1.54) is 0 Å². The molecule has 1 spiro atoms. The lowest BCUT2D eigenvalue weighted by Crippen LogP contribution is -2.57. The van der Waals surface area contributed by atoms with Crippen LogP contribution >= 0.6 is 0 Å². The zero-order valence-corrected chi connectivity index (χ0v) is 10.8. The monoisotopic (exact) mass is 241 g/mol. The van der Waals surface area contributed by atoms with Crippen LogP contribution in [0.3, 0.4) is 0 Å². The number of aliphatic imine (C=N–C) groups is 1. The summed E-state index contributed by atoms with van der Waals surface area (Å²) in [6.45, 7) is 5.30. The summed E-state index contributed by atoms with van der Waals surface area (Å²) in [6, 6.07) is 0. The van der Waals surface area contributed by atoms with Gasteiger partial charge in [-0.1, -0.05) is 6.92 Å². The minimum Gasteiger partial charge on any atom is -0.383 e. The van der Waals surface area contributed by atoms with E-state index >= 15 is 0 Å². The van der Waals surface area contributed by atoms with Gasteiger partial charge in [0, 0.05) is 20.3 Å². The molecule has 0 aliphatic carbocycles. The Morgan fingerprint density at radius 2 is 2.47 bits per heavy atom. The van der Waals surface area contributed by atoms with E-state index in [4.69, 9.17) is 15.2 Å². The quantitative estimate of drug-likeness (QED) is 0.782. The van der Waals surface area contributed by atoms with Gasteiger partial charge < -0.3 is 20.1 Å². The molecule has 2 aliphatic rings. The van der Waals surface area contributed by atoms with Crippen molar-refractivity contribution in [1.29, 1.82) is 0 Å². The molecule has 0 bridgehead atoms. The highest BCUT2D eigenvalue weighted by atomic mass is 16.5. The van der Waals surface area contributed by atoms with Crippen LogP contribution in [0.25, 0.3) is 0 Å². The third kappa shape index (κ3) is 2.40. The molecule has 2 N–H and O–H groups in total. The molecule has 0 saturated carbocycles. The molecule has 2 rings (SSSR count). The van der Waals surface area contributed by atoms with Crippen molar-refractivity contribution in [2.75, 3.05) is 33.4 Å². The lowest BCUT2D eigenvalue weighted by molar-refractivity contribution is -0.0512. The molecule has 0 radical (unpaired) electrons. The SMILES string of the molecule is CCC1CC2(CCO1)CN=C(N)N2CCOC. The summed E-state index contributed by atoms with van der Waals surface area (Å²) in [6.07, 6.45) is 3.43. The summed E-state index contributed by atoms with van der Waals surface area (Å²) in [5, 5.41) is 0. The van der Waals surface area contributed by atoms with Gasteiger partial charge in [-0.25, -0.2) is 0 Å². The second-order valence-corrected chi connectivity index (χ2v) is 4.90. The Balaban J connectivity index is 2.07. The first kappa shape index (κ1) is 12.6. The average Bonchev–Trinajstić information content (AvgIpc) is 2.64. The molecule has 2 unspecified atom stereocenters. The van der Waals surface area contributed by atoms with Gasteiger partial charge in [-0.15, -0.1) is 0 Å². The lowest BCUT2D eigenvalue weighted by atomic mass is 9.85. The third-order valence-corrected chi connectivity index (χ3v) is 3.89. The van der Waals surface area contributed by atoms with Crippen molar-refractivity contribution in [2.24, 2.45) is 10.7 Å². The van der Waals surface area contributed by atoms with Crippen molar-refractivity contribution in [3.8, 4) is 0 Å². The minimum absolute atomic E-state index is 0.0849. The van der Waals surface area contributed by atoms with E-state index in [2.05, 4.69) is 16.8 Å². The molecule has 17 heavy (non-hydrogen) atoms. The third-order valence-electron chi connectivity index (χ3n) is 3.89. The van der Waals surface area contributed by atoms with Gasteiger partial charge in [0.1, 0.15) is 0 Å². The second-order valence-electron chi connectivity index (χ2n) is 4.90. The molecule has 2 heterocycles. The van der Waals surface area contributed by atoms with Crippen LogP contribution in [0.2, 0.25) is 0 Å². The van der Waals surface area contributed by atoms with E-state index in [0.717, 1.165) is 39.0 Å². The van der Waals surface area contributed by atoms with E-state index < -0.39 is 0 Å². The Morgan fingerprint density at radius 1 is 1.65 bits per heavy atom. The molecule has 5 heteroatoms. The fraction of sp³-hybridized carbons (Fsp3) is 0.917. The Morgan fingerprint density at radius 3 is 3.18 bits per heavy atom. The summed E-state index contributed by atoms with van der Waals surface area (Å²) in [5.74, 6) is 0.666. The largest absolute Gasteiger partial charge is 0.383 e. The van der Waals surface area contributed by atoms with E-state index in [0.29, 0.717) is 18.7 Å². The lowest BCUT2D eigenvalue weighted by Gasteiger charge is -2.44. The van der Waals surface area contributed by atoms with Crippen molar-refractivity contribution in [1.82, 2.24) is 4.90 Å². The summed E-state index contributed by atoms with van der Waals surface area (Å²) in [4.78, 5) is 6.65. The van der Waals surface area contributed by atoms with Gasteiger partial charge in [0.2, 0.25) is 0 Å². The molecular formula is C12H23N3O2. The molecule has 0 aromatic heterocycles. The maximum Gasteiger partial charge on any atom is 0.191 e. The highest BCUT2D eigenvalue weighted by Crippen LogP contribution is 2.35. The van der Waals surface area contributed by atoms with Crippen LogP contribution in [0.5, 0.6) is 0 Å². The number of ether oxygens (including phenoxy) is 2. The van der Waals surface area contributed by atoms with Gasteiger partial charge in [0.25, 0.3) is 0 Å². The van der Waals surface area contributed by atoms with E-state index in [-0.39, 0.29) is 5.54 Å². The Hall–Kier alpha value is -0.810. The van der Waals surface area contributed by atoms with E-state index in [1.54, 1.807) is 7.11 Å². The summed E-state index contributed by atoms with van der Waals surface area (Å²) >= 11 is 0. The number of hydrogen-bond donors (Lipinski definition) is 1. The number of rotatable bonds is 4. The van der Waals surface area contributed by atoms with Crippen molar-refractivity contribution < 1.29 is 9.47 Å². The average molecular weight is 241 g/mol. The fourth-order valence-electron chi connectivity index (χ4n) is 2.83. The van der Waals surface area contributed by atoms with Gasteiger partial charge >= 0.3 is 0 Å². The van der Waals surface area contributed by atoms with Crippen molar-refractivity contribution in [3.05, 3.63) is 0 Å². The number of hydrogen-bond acceptors (Lipinski definition) is 5. The first-order valence-electron chi connectivity index (χ1n) is 6.40. The second kappa shape index (κ2) is 5.23. The smallest absolute Gasteiger partial charge is 0.191 e. The Kier molecular flexibility index (Phi) is 3.89. The standard InChI is InChI=1S/C12H23N3O2/c1-3-10-8-12(4-6-17-10)9-14-11(13)15(12)5-7-16-2/h10H,3-9H2,1-2H3,(H2,13,14). The molecule has 0 amide bonds. The molecular weight excluding hydrogens is 218 g/mol. The van der Waals surface area contributed by atoms with Gasteiger partial charge in [-0.05, 0) is 19.3 Å². The van der Waals surface area contributed by atoms with E-state index in [9.17, 15) is 0 Å². The topological polar surface area (TPSA) is 60.1 Å². The molecule has 98 valence electrons. The fourth-order valence-corrected chi connectivity index (χ4v) is 2.83. The molecule has 2 aliphatic heterocycles. The maximum absolute atomic E-state index is 5.99. The number of guanidine groups is 1. The van der Waals surface area contributed by atoms with Crippen molar-refractivity contribution in [2.45, 2.75) is 37.8 Å². The molecule has 0 aromatic carbocycles. The van der Waals surface area contributed by atoms with Gasteiger partial charge in [0.05, 0.1) is 24.8 Å². The summed E-state index contributed by atoms with van der Waals surface area (Å²) in [5.41, 5.74) is 6.08. The van der Waals surface area contributed by atoms with Crippen LogP contribution in [0.4, 0.5) is 0 Å². The number of methoxy groups -OCH3 is 1. The minimum atomic E-state index is 0.0849. The zero-order valence-electron chi connectivity index (χ0n) is 10.8. The van der Waals surface area contributed by atoms with E-state index in [1.807, 2.05) is 0 Å². The van der Waals surface area contributed by atoms with Gasteiger partial charge in [-0.2, -0.15) is 0 Å². The Bertz CT molecular complexity index is 295. The highest BCUT2D eigenvalue weighted by molar-refractivity contribution is 5.81. The van der Waals surface area contributed by atoms with Gasteiger partial charge in [0.15, 0.2) is 5.96 Å². The van der Waals surface area contributed by atoms with Crippen LogP contribution in [-0.4, -0.2) is 55.9 Å². The zero-order chi connectivity index (χ0) is 12.3. The summed E-state index contributed by atoms with van der Waals surface area (Å²) < 4.78 is 10.9. The number of nitrogens with zero attached hydrogens (tertiary/aromatic N) is 2. The van der Waals surface area contributed by atoms with Crippen LogP contribution in [-0.2, 0) is 9.47 Å². The highest BCUT2D eigenvalue weighted by Gasteiger charge is 2.45. The Labute approximate surface area is 103 Å². The summed E-state index contributed by atoms with van der Waals surface area (Å²) in [7, 11) is 1.72. The molecule has 1 fully saturated rings. The predicted octanol–water partition coefficient (Wildman–Crippen LogP) is 0.591. The predicted molar refractivity (Wildman–Crippen MR) is 67.1 cm³/mol. The van der Waals surface area contributed by atoms with Crippen LogP contribution < -0.4 is 5.73 Å². The van der Waals surface area contributed by atoms with Crippen molar-refractivity contribution in [3.63, 3.8) is 0 Å². The molecule has 5 nitrogen and oxygen atoms in total. The molecule has 0 aromatic rings. The van der Waals surface area contributed by atoms with Gasteiger partial charge in [-0.3, -0.25) is 4.99 Å².